The van der Waals surface area contributed by atoms with Crippen molar-refractivity contribution in [3.8, 4) is 0 Å². The molecule has 0 radical (unpaired) electrons. The number of hydrogen-bond donors (Lipinski definition) is 4. The lowest BCUT2D eigenvalue weighted by molar-refractivity contribution is 0.239. The number of aliphatic hydroxyl groups is 1. The third-order valence-electron chi connectivity index (χ3n) is 5.20. The Kier molecular flexibility index (Phi) is 6.21. The highest BCUT2D eigenvalue weighted by molar-refractivity contribution is 5.53. The first-order valence-corrected chi connectivity index (χ1v) is 10.3. The van der Waals surface area contributed by atoms with Gasteiger partial charge in [0.05, 0.1) is 30.6 Å². The zero-order chi connectivity index (χ0) is 21.8. The number of anilines is 4. The molecule has 1 unspecified atom stereocenters. The Balaban J connectivity index is 1.64. The number of pyridine rings is 1. The molecule has 2 atom stereocenters. The van der Waals surface area contributed by atoms with E-state index in [4.69, 9.17) is 0 Å². The molecule has 31 heavy (non-hydrogen) atoms. The summed E-state index contributed by atoms with van der Waals surface area (Å²) in [5.74, 6) is 1.36. The third-order valence-corrected chi connectivity index (χ3v) is 5.20. The standard InChI is InChI=1S/C20H26FN9O/c1-12-9-17(29-28-12)24-19-25-18(23-13(2)16-7-6-14(21)10-22-16)26-20(27-19)30-8-4-3-5-15(30)11-31/h6-7,9-10,13,15,31H,3-5,8,11H2,1-2H3,(H3,23,24,25,26,27,28,29)/t13-,15?/m0/s1. The van der Waals surface area contributed by atoms with Gasteiger partial charge in [0.15, 0.2) is 5.82 Å². The van der Waals surface area contributed by atoms with Gasteiger partial charge in [0.2, 0.25) is 17.8 Å². The summed E-state index contributed by atoms with van der Waals surface area (Å²) in [6, 6.07) is 4.53. The Morgan fingerprint density at radius 1 is 1.26 bits per heavy atom. The van der Waals surface area contributed by atoms with E-state index in [9.17, 15) is 9.50 Å². The number of H-pyrrole nitrogens is 1. The van der Waals surface area contributed by atoms with Gasteiger partial charge in [-0.05, 0) is 45.2 Å². The van der Waals surface area contributed by atoms with E-state index < -0.39 is 0 Å². The normalized spacial score (nSPS) is 17.4. The molecule has 4 rings (SSSR count). The molecule has 1 aliphatic rings. The van der Waals surface area contributed by atoms with Gasteiger partial charge in [-0.3, -0.25) is 10.1 Å². The van der Waals surface area contributed by atoms with E-state index in [-0.39, 0.29) is 24.5 Å². The fraction of sp³-hybridized carbons (Fsp3) is 0.450. The molecule has 11 heteroatoms. The Morgan fingerprint density at radius 2 is 2.10 bits per heavy atom. The smallest absolute Gasteiger partial charge is 0.235 e. The first-order chi connectivity index (χ1) is 15.0. The number of aromatic nitrogens is 6. The Labute approximate surface area is 179 Å². The SMILES string of the molecule is Cc1cc(Nc2nc(N[C@@H](C)c3ccc(F)cn3)nc(N3CCCCC3CO)n2)n[nH]1. The van der Waals surface area contributed by atoms with E-state index in [1.807, 2.05) is 24.8 Å². The molecule has 1 aliphatic heterocycles. The molecule has 3 aromatic heterocycles. The summed E-state index contributed by atoms with van der Waals surface area (Å²) in [6.07, 6.45) is 4.12. The number of nitrogens with one attached hydrogen (secondary N) is 3. The minimum absolute atomic E-state index is 0.0334. The van der Waals surface area contributed by atoms with Crippen LogP contribution in [-0.2, 0) is 0 Å². The van der Waals surface area contributed by atoms with Crippen LogP contribution < -0.4 is 15.5 Å². The second-order valence-corrected chi connectivity index (χ2v) is 7.64. The number of piperidine rings is 1. The van der Waals surface area contributed by atoms with Crippen molar-refractivity contribution in [1.82, 2.24) is 30.1 Å². The monoisotopic (exact) mass is 427 g/mol. The van der Waals surface area contributed by atoms with Crippen LogP contribution in [0.5, 0.6) is 0 Å². The molecule has 1 saturated heterocycles. The molecule has 1 fully saturated rings. The van der Waals surface area contributed by atoms with Crippen LogP contribution in [0.4, 0.5) is 28.1 Å². The van der Waals surface area contributed by atoms with Crippen LogP contribution >= 0.6 is 0 Å². The van der Waals surface area contributed by atoms with Gasteiger partial charge in [-0.15, -0.1) is 0 Å². The number of hydrogen-bond acceptors (Lipinski definition) is 9. The van der Waals surface area contributed by atoms with Crippen LogP contribution in [0.15, 0.2) is 24.4 Å². The molecule has 164 valence electrons. The maximum absolute atomic E-state index is 13.2. The maximum atomic E-state index is 13.2. The predicted molar refractivity (Wildman–Crippen MR) is 115 cm³/mol. The highest BCUT2D eigenvalue weighted by Gasteiger charge is 2.25. The summed E-state index contributed by atoms with van der Waals surface area (Å²) in [4.78, 5) is 19.8. The van der Waals surface area contributed by atoms with Crippen LogP contribution in [0.2, 0.25) is 0 Å². The van der Waals surface area contributed by atoms with Crippen LogP contribution in [0.1, 0.15) is 43.6 Å². The Bertz CT molecular complexity index is 1010. The molecule has 10 nitrogen and oxygen atoms in total. The van der Waals surface area contributed by atoms with E-state index in [1.54, 1.807) is 6.07 Å². The number of aliphatic hydroxyl groups excluding tert-OH is 1. The predicted octanol–water partition coefficient (Wildman–Crippen LogP) is 2.71. The van der Waals surface area contributed by atoms with E-state index in [1.165, 1.54) is 12.3 Å². The Morgan fingerprint density at radius 3 is 2.81 bits per heavy atom. The van der Waals surface area contributed by atoms with Gasteiger partial charge in [-0.25, -0.2) is 4.39 Å². The van der Waals surface area contributed by atoms with Crippen LogP contribution in [0, 0.1) is 12.7 Å². The van der Waals surface area contributed by atoms with Gasteiger partial charge in [-0.1, -0.05) is 0 Å². The molecular weight excluding hydrogens is 401 g/mol. The van der Waals surface area contributed by atoms with Crippen molar-refractivity contribution in [3.63, 3.8) is 0 Å². The van der Waals surface area contributed by atoms with Crippen molar-refractivity contribution in [2.75, 3.05) is 28.7 Å². The summed E-state index contributed by atoms with van der Waals surface area (Å²) >= 11 is 0. The number of aryl methyl sites for hydroxylation is 1. The van der Waals surface area contributed by atoms with Gasteiger partial charge < -0.3 is 20.6 Å². The number of nitrogens with zero attached hydrogens (tertiary/aromatic N) is 6. The zero-order valence-electron chi connectivity index (χ0n) is 17.5. The molecule has 0 spiro atoms. The topological polar surface area (TPSA) is 128 Å². The summed E-state index contributed by atoms with van der Waals surface area (Å²) in [5, 5.41) is 23.2. The molecule has 4 heterocycles. The summed E-state index contributed by atoms with van der Waals surface area (Å²) in [6.45, 7) is 4.59. The molecule has 0 amide bonds. The lowest BCUT2D eigenvalue weighted by Gasteiger charge is -2.34. The molecule has 0 bridgehead atoms. The largest absolute Gasteiger partial charge is 0.394 e. The third kappa shape index (κ3) is 5.05. The van der Waals surface area contributed by atoms with Gasteiger partial charge >= 0.3 is 0 Å². The highest BCUT2D eigenvalue weighted by Crippen LogP contribution is 2.25. The maximum Gasteiger partial charge on any atom is 0.235 e. The average Bonchev–Trinajstić information content (AvgIpc) is 3.18. The van der Waals surface area contributed by atoms with Gasteiger partial charge in [0.1, 0.15) is 5.82 Å². The zero-order valence-corrected chi connectivity index (χ0v) is 17.5. The van der Waals surface area contributed by atoms with Gasteiger partial charge in [-0.2, -0.15) is 20.1 Å². The second kappa shape index (κ2) is 9.21. The van der Waals surface area contributed by atoms with Crippen LogP contribution in [0.25, 0.3) is 0 Å². The van der Waals surface area contributed by atoms with Crippen molar-refractivity contribution in [2.24, 2.45) is 0 Å². The Hall–Kier alpha value is -3.34. The van der Waals surface area contributed by atoms with Crippen LogP contribution in [-0.4, -0.2) is 54.4 Å². The molecule has 3 aromatic rings. The van der Waals surface area contributed by atoms with E-state index in [2.05, 4.69) is 40.8 Å². The molecule has 0 saturated carbocycles. The summed E-state index contributed by atoms with van der Waals surface area (Å²) in [7, 11) is 0. The van der Waals surface area contributed by atoms with E-state index in [0.717, 1.165) is 31.5 Å². The van der Waals surface area contributed by atoms with E-state index >= 15 is 0 Å². The number of aromatic amines is 1. The van der Waals surface area contributed by atoms with Gasteiger partial charge in [0, 0.05) is 18.3 Å². The average molecular weight is 427 g/mol. The minimum Gasteiger partial charge on any atom is -0.394 e. The summed E-state index contributed by atoms with van der Waals surface area (Å²) < 4.78 is 13.2. The quantitative estimate of drug-likeness (QED) is 0.450. The fourth-order valence-corrected chi connectivity index (χ4v) is 3.57. The molecule has 4 N–H and O–H groups in total. The van der Waals surface area contributed by atoms with Gasteiger partial charge in [0.25, 0.3) is 0 Å². The first kappa shape index (κ1) is 20.9. The number of rotatable bonds is 7. The lowest BCUT2D eigenvalue weighted by atomic mass is 10.0. The van der Waals surface area contributed by atoms with Crippen LogP contribution in [0.3, 0.4) is 0 Å². The minimum atomic E-state index is -0.390. The van der Waals surface area contributed by atoms with Crippen molar-refractivity contribution >= 4 is 23.7 Å². The van der Waals surface area contributed by atoms with Crippen molar-refractivity contribution < 1.29 is 9.50 Å². The number of halogens is 1. The highest BCUT2D eigenvalue weighted by atomic mass is 19.1. The second-order valence-electron chi connectivity index (χ2n) is 7.64. The first-order valence-electron chi connectivity index (χ1n) is 10.3. The van der Waals surface area contributed by atoms with Crippen molar-refractivity contribution in [1.29, 1.82) is 0 Å². The van der Waals surface area contributed by atoms with Crippen molar-refractivity contribution in [2.45, 2.75) is 45.2 Å². The summed E-state index contributed by atoms with van der Waals surface area (Å²) in [5.41, 5.74) is 1.56. The molecule has 0 aromatic carbocycles. The molecule has 0 aliphatic carbocycles. The van der Waals surface area contributed by atoms with E-state index in [0.29, 0.717) is 29.4 Å². The molecular formula is C20H26FN9O. The van der Waals surface area contributed by atoms with Crippen molar-refractivity contribution in [3.05, 3.63) is 41.6 Å². The lowest BCUT2D eigenvalue weighted by Crippen LogP contribution is -2.43. The fourth-order valence-electron chi connectivity index (χ4n) is 3.57.